The number of nitrogens with two attached hydrogens (primary N) is 1. The largest absolute Gasteiger partial charge is 0.327 e. The molecule has 48 valence electrons. The second-order valence-corrected chi connectivity index (χ2v) is 1.90. The van der Waals surface area contributed by atoms with Gasteiger partial charge >= 0.3 is 0 Å². The molecule has 0 aromatic carbocycles. The van der Waals surface area contributed by atoms with Gasteiger partial charge in [0.05, 0.1) is 0 Å². The zero-order chi connectivity index (χ0) is 6.41. The zero-order valence-corrected chi connectivity index (χ0v) is 5.78. The summed E-state index contributed by atoms with van der Waals surface area (Å²) in [6, 6.07) is 0. The second kappa shape index (κ2) is 4.85. The van der Waals surface area contributed by atoms with Crippen LogP contribution in [0.15, 0.2) is 11.6 Å². The highest BCUT2D eigenvalue weighted by Gasteiger charge is 1.86. The summed E-state index contributed by atoms with van der Waals surface area (Å²) in [7, 11) is 0. The van der Waals surface area contributed by atoms with E-state index in [-0.39, 0.29) is 0 Å². The lowest BCUT2D eigenvalue weighted by molar-refractivity contribution is 0.872. The zero-order valence-electron chi connectivity index (χ0n) is 5.78. The van der Waals surface area contributed by atoms with E-state index in [9.17, 15) is 0 Å². The van der Waals surface area contributed by atoms with Crippen LogP contribution in [0.25, 0.3) is 0 Å². The quantitative estimate of drug-likeness (QED) is 0.554. The van der Waals surface area contributed by atoms with E-state index < -0.39 is 0 Å². The van der Waals surface area contributed by atoms with Crippen LogP contribution in [-0.2, 0) is 0 Å². The van der Waals surface area contributed by atoms with Crippen molar-refractivity contribution in [2.24, 2.45) is 5.73 Å². The molecule has 0 aromatic rings. The fourth-order valence-corrected chi connectivity index (χ4v) is 0.685. The smallest absolute Gasteiger partial charge is 0.0136 e. The highest BCUT2D eigenvalue weighted by atomic mass is 14.5. The monoisotopic (exact) mass is 113 g/mol. The molecule has 0 rings (SSSR count). The van der Waals surface area contributed by atoms with Gasteiger partial charge in [0, 0.05) is 6.54 Å². The molecule has 0 aliphatic carbocycles. The van der Waals surface area contributed by atoms with Gasteiger partial charge in [-0.25, -0.2) is 0 Å². The van der Waals surface area contributed by atoms with Crippen molar-refractivity contribution >= 4 is 0 Å². The Morgan fingerprint density at radius 2 is 2.25 bits per heavy atom. The van der Waals surface area contributed by atoms with Gasteiger partial charge in [-0.05, 0) is 13.3 Å². The normalized spacial score (nSPS) is 12.1. The highest BCUT2D eigenvalue weighted by molar-refractivity contribution is 5.00. The number of rotatable bonds is 3. The minimum atomic E-state index is 0.727. The molecule has 0 atom stereocenters. The molecule has 0 saturated carbocycles. The van der Waals surface area contributed by atoms with E-state index in [2.05, 4.69) is 13.0 Å². The van der Waals surface area contributed by atoms with Crippen molar-refractivity contribution in [3.63, 3.8) is 0 Å². The van der Waals surface area contributed by atoms with Gasteiger partial charge in [0.25, 0.3) is 0 Å². The average molecular weight is 113 g/mol. The molecule has 0 aliphatic rings. The van der Waals surface area contributed by atoms with Crippen molar-refractivity contribution in [1.82, 2.24) is 0 Å². The van der Waals surface area contributed by atoms with E-state index in [1.807, 2.05) is 6.92 Å². The molecule has 1 nitrogen and oxygen atoms in total. The van der Waals surface area contributed by atoms with Crippen molar-refractivity contribution < 1.29 is 0 Å². The van der Waals surface area contributed by atoms with Crippen molar-refractivity contribution in [3.8, 4) is 0 Å². The standard InChI is InChI=1S/C7H15N/c1-3-5-7(4-2)6-8/h4H,3,5-6,8H2,1-2H3. The third-order valence-electron chi connectivity index (χ3n) is 1.24. The molecule has 0 unspecified atom stereocenters. The molecule has 0 bridgehead atoms. The van der Waals surface area contributed by atoms with Crippen LogP contribution < -0.4 is 5.73 Å². The first-order chi connectivity index (χ1) is 3.85. The molecule has 1 heteroatoms. The van der Waals surface area contributed by atoms with Crippen LogP contribution in [0.2, 0.25) is 0 Å². The van der Waals surface area contributed by atoms with E-state index in [4.69, 9.17) is 5.73 Å². The van der Waals surface area contributed by atoms with Gasteiger partial charge in [-0.1, -0.05) is 25.0 Å². The highest BCUT2D eigenvalue weighted by Crippen LogP contribution is 2.00. The van der Waals surface area contributed by atoms with Crippen molar-refractivity contribution in [3.05, 3.63) is 11.6 Å². The minimum Gasteiger partial charge on any atom is -0.327 e. The first kappa shape index (κ1) is 7.70. The van der Waals surface area contributed by atoms with E-state index in [0.29, 0.717) is 0 Å². The first-order valence-corrected chi connectivity index (χ1v) is 3.19. The molecule has 0 saturated heterocycles. The van der Waals surface area contributed by atoms with Gasteiger partial charge in [0.2, 0.25) is 0 Å². The maximum absolute atomic E-state index is 5.40. The molecule has 0 radical (unpaired) electrons. The van der Waals surface area contributed by atoms with E-state index in [1.54, 1.807) is 0 Å². The minimum absolute atomic E-state index is 0.727. The summed E-state index contributed by atoms with van der Waals surface area (Å²) >= 11 is 0. The lowest BCUT2D eigenvalue weighted by Crippen LogP contribution is -2.01. The molecule has 0 spiro atoms. The summed E-state index contributed by atoms with van der Waals surface area (Å²) in [5.41, 5.74) is 6.77. The molecular formula is C7H15N. The van der Waals surface area contributed by atoms with Gasteiger partial charge in [-0.2, -0.15) is 0 Å². The summed E-state index contributed by atoms with van der Waals surface area (Å²) in [6.07, 6.45) is 4.47. The third-order valence-corrected chi connectivity index (χ3v) is 1.24. The first-order valence-electron chi connectivity index (χ1n) is 3.19. The molecule has 0 heterocycles. The SMILES string of the molecule is CC=C(CN)CCC. The molecule has 0 aromatic heterocycles. The Kier molecular flexibility index (Phi) is 4.67. The Balaban J connectivity index is 3.38. The van der Waals surface area contributed by atoms with Gasteiger partial charge in [0.1, 0.15) is 0 Å². The lowest BCUT2D eigenvalue weighted by atomic mass is 10.1. The lowest BCUT2D eigenvalue weighted by Gasteiger charge is -1.97. The van der Waals surface area contributed by atoms with Crippen LogP contribution in [-0.4, -0.2) is 6.54 Å². The summed E-state index contributed by atoms with van der Waals surface area (Å²) in [5, 5.41) is 0. The average Bonchev–Trinajstić information content (AvgIpc) is 1.83. The van der Waals surface area contributed by atoms with Crippen molar-refractivity contribution in [2.75, 3.05) is 6.54 Å². The summed E-state index contributed by atoms with van der Waals surface area (Å²) in [4.78, 5) is 0. The van der Waals surface area contributed by atoms with E-state index in [1.165, 1.54) is 12.0 Å². The van der Waals surface area contributed by atoms with Gasteiger partial charge < -0.3 is 5.73 Å². The fourth-order valence-electron chi connectivity index (χ4n) is 0.685. The Morgan fingerprint density at radius 1 is 1.62 bits per heavy atom. The predicted molar refractivity (Wildman–Crippen MR) is 37.7 cm³/mol. The second-order valence-electron chi connectivity index (χ2n) is 1.90. The van der Waals surface area contributed by atoms with Crippen LogP contribution >= 0.6 is 0 Å². The Morgan fingerprint density at radius 3 is 2.38 bits per heavy atom. The van der Waals surface area contributed by atoms with Gasteiger partial charge in [-0.15, -0.1) is 0 Å². The van der Waals surface area contributed by atoms with Crippen LogP contribution in [0.4, 0.5) is 0 Å². The summed E-state index contributed by atoms with van der Waals surface area (Å²) in [5.74, 6) is 0. The van der Waals surface area contributed by atoms with Gasteiger partial charge in [-0.3, -0.25) is 0 Å². The Bertz CT molecular complexity index is 74.5. The Hall–Kier alpha value is -0.300. The molecule has 0 fully saturated rings. The number of allylic oxidation sites excluding steroid dienone is 1. The number of hydrogen-bond donors (Lipinski definition) is 1. The molecule has 0 aliphatic heterocycles. The van der Waals surface area contributed by atoms with Crippen LogP contribution in [0.1, 0.15) is 26.7 Å². The molecule has 2 N–H and O–H groups in total. The molecular weight excluding hydrogens is 98.1 g/mol. The molecule has 0 amide bonds. The van der Waals surface area contributed by atoms with Crippen LogP contribution in [0, 0.1) is 0 Å². The van der Waals surface area contributed by atoms with E-state index >= 15 is 0 Å². The summed E-state index contributed by atoms with van der Waals surface area (Å²) < 4.78 is 0. The maximum atomic E-state index is 5.40. The number of hydrogen-bond acceptors (Lipinski definition) is 1. The fraction of sp³-hybridized carbons (Fsp3) is 0.714. The molecule has 8 heavy (non-hydrogen) atoms. The van der Waals surface area contributed by atoms with Crippen LogP contribution in [0.5, 0.6) is 0 Å². The predicted octanol–water partition coefficient (Wildman–Crippen LogP) is 1.69. The maximum Gasteiger partial charge on any atom is 0.0136 e. The third kappa shape index (κ3) is 2.80. The summed E-state index contributed by atoms with van der Waals surface area (Å²) in [6.45, 7) is 4.93. The topological polar surface area (TPSA) is 26.0 Å². The Labute approximate surface area is 51.6 Å². The van der Waals surface area contributed by atoms with Crippen molar-refractivity contribution in [2.45, 2.75) is 26.7 Å². The van der Waals surface area contributed by atoms with Crippen LogP contribution in [0.3, 0.4) is 0 Å². The van der Waals surface area contributed by atoms with Gasteiger partial charge in [0.15, 0.2) is 0 Å². The van der Waals surface area contributed by atoms with E-state index in [0.717, 1.165) is 13.0 Å². The van der Waals surface area contributed by atoms with Crippen molar-refractivity contribution in [1.29, 1.82) is 0 Å².